The molecule has 1 atom stereocenters. The molecule has 0 spiro atoms. The Bertz CT molecular complexity index is 464. The minimum absolute atomic E-state index is 0.392. The Hall–Kier alpha value is -0.870. The molecule has 0 radical (unpaired) electrons. The van der Waals surface area contributed by atoms with Gasteiger partial charge in [0.25, 0.3) is 0 Å². The summed E-state index contributed by atoms with van der Waals surface area (Å²) in [5, 5.41) is -0.392. The molecule has 18 heavy (non-hydrogen) atoms. The molecule has 1 fully saturated rings. The van der Waals surface area contributed by atoms with Crippen molar-refractivity contribution >= 4 is 10.0 Å². The van der Waals surface area contributed by atoms with Crippen LogP contribution in [0.4, 0.5) is 0 Å². The van der Waals surface area contributed by atoms with Crippen LogP contribution in [0.3, 0.4) is 0 Å². The third-order valence-corrected chi connectivity index (χ3v) is 5.99. The van der Waals surface area contributed by atoms with Crippen molar-refractivity contribution in [2.24, 2.45) is 0 Å². The molecule has 0 aliphatic carbocycles. The largest absolute Gasteiger partial charge is 0.221 e. The molecule has 1 aromatic carbocycles. The minimum Gasteiger partial charge on any atom is -0.212 e. The van der Waals surface area contributed by atoms with E-state index in [4.69, 9.17) is 0 Å². The van der Waals surface area contributed by atoms with Crippen molar-refractivity contribution in [3.63, 3.8) is 0 Å². The van der Waals surface area contributed by atoms with E-state index < -0.39 is 15.3 Å². The van der Waals surface area contributed by atoms with Gasteiger partial charge in [-0.3, -0.25) is 0 Å². The van der Waals surface area contributed by atoms with Crippen molar-refractivity contribution in [2.45, 2.75) is 37.9 Å². The van der Waals surface area contributed by atoms with E-state index in [1.165, 1.54) is 0 Å². The molecule has 4 heteroatoms. The van der Waals surface area contributed by atoms with Crippen LogP contribution in [-0.4, -0.2) is 25.8 Å². The quantitative estimate of drug-likeness (QED) is 0.841. The van der Waals surface area contributed by atoms with Crippen molar-refractivity contribution in [3.8, 4) is 0 Å². The van der Waals surface area contributed by atoms with Gasteiger partial charge in [0.15, 0.2) is 0 Å². The number of piperidine rings is 1. The molecule has 1 saturated heterocycles. The van der Waals surface area contributed by atoms with Gasteiger partial charge >= 0.3 is 0 Å². The second-order valence-corrected chi connectivity index (χ2v) is 6.93. The van der Waals surface area contributed by atoms with E-state index in [0.29, 0.717) is 19.5 Å². The van der Waals surface area contributed by atoms with E-state index in [0.717, 1.165) is 24.8 Å². The average Bonchev–Trinajstić information content (AvgIpc) is 2.41. The highest BCUT2D eigenvalue weighted by molar-refractivity contribution is 7.89. The summed E-state index contributed by atoms with van der Waals surface area (Å²) >= 11 is 0. The summed E-state index contributed by atoms with van der Waals surface area (Å²) in [6.07, 6.45) is 3.76. The fraction of sp³-hybridized carbons (Fsp3) is 0.571. The molecule has 1 aliphatic heterocycles. The van der Waals surface area contributed by atoms with E-state index >= 15 is 0 Å². The van der Waals surface area contributed by atoms with Crippen LogP contribution in [0, 0.1) is 0 Å². The summed E-state index contributed by atoms with van der Waals surface area (Å²) in [4.78, 5) is 0. The Morgan fingerprint density at radius 1 is 1.11 bits per heavy atom. The smallest absolute Gasteiger partial charge is 0.212 e. The lowest BCUT2D eigenvalue weighted by atomic mass is 10.1. The lowest BCUT2D eigenvalue weighted by Crippen LogP contribution is -2.38. The normalized spacial score (nSPS) is 19.6. The van der Waals surface area contributed by atoms with E-state index in [9.17, 15) is 8.42 Å². The second kappa shape index (κ2) is 5.85. The highest BCUT2D eigenvalue weighted by Crippen LogP contribution is 2.30. The predicted octanol–water partition coefficient (Wildman–Crippen LogP) is 2.95. The Morgan fingerprint density at radius 2 is 1.72 bits per heavy atom. The van der Waals surface area contributed by atoms with Crippen LogP contribution in [0.25, 0.3) is 0 Å². The van der Waals surface area contributed by atoms with Gasteiger partial charge in [0.1, 0.15) is 5.25 Å². The molecule has 3 nitrogen and oxygen atoms in total. The summed E-state index contributed by atoms with van der Waals surface area (Å²) in [7, 11) is -3.19. The Kier molecular flexibility index (Phi) is 4.40. The average molecular weight is 267 g/mol. The van der Waals surface area contributed by atoms with E-state index in [-0.39, 0.29) is 0 Å². The Balaban J connectivity index is 2.26. The molecule has 0 N–H and O–H groups in total. The molecule has 1 unspecified atom stereocenters. The van der Waals surface area contributed by atoms with Crippen molar-refractivity contribution < 1.29 is 8.42 Å². The lowest BCUT2D eigenvalue weighted by molar-refractivity contribution is 0.341. The summed E-state index contributed by atoms with van der Waals surface area (Å²) in [5.74, 6) is 0. The first kappa shape index (κ1) is 13.6. The number of hydrogen-bond acceptors (Lipinski definition) is 2. The molecule has 100 valence electrons. The third kappa shape index (κ3) is 2.75. The second-order valence-electron chi connectivity index (χ2n) is 4.81. The van der Waals surface area contributed by atoms with Crippen LogP contribution in [0.5, 0.6) is 0 Å². The molecule has 0 aromatic heterocycles. The summed E-state index contributed by atoms with van der Waals surface area (Å²) in [5.41, 5.74) is 0.908. The van der Waals surface area contributed by atoms with Crippen LogP contribution < -0.4 is 0 Å². The number of nitrogens with zero attached hydrogens (tertiary/aromatic N) is 1. The number of benzene rings is 1. The molecule has 0 amide bonds. The number of rotatable bonds is 4. The molecular weight excluding hydrogens is 246 g/mol. The van der Waals surface area contributed by atoms with E-state index in [1.54, 1.807) is 4.31 Å². The van der Waals surface area contributed by atoms with Gasteiger partial charge in [-0.05, 0) is 24.8 Å². The van der Waals surface area contributed by atoms with Gasteiger partial charge < -0.3 is 0 Å². The van der Waals surface area contributed by atoms with Crippen LogP contribution in [0.2, 0.25) is 0 Å². The molecule has 0 saturated carbocycles. The van der Waals surface area contributed by atoms with Crippen molar-refractivity contribution in [2.75, 3.05) is 13.1 Å². The monoisotopic (exact) mass is 267 g/mol. The van der Waals surface area contributed by atoms with Crippen LogP contribution in [0.15, 0.2) is 30.3 Å². The highest BCUT2D eigenvalue weighted by Gasteiger charge is 2.32. The molecule has 1 heterocycles. The molecule has 2 rings (SSSR count). The minimum atomic E-state index is -3.19. The fourth-order valence-corrected chi connectivity index (χ4v) is 4.63. The zero-order chi connectivity index (χ0) is 13.0. The number of sulfonamides is 1. The highest BCUT2D eigenvalue weighted by atomic mass is 32.2. The summed E-state index contributed by atoms with van der Waals surface area (Å²) < 4.78 is 27.0. The Morgan fingerprint density at radius 3 is 2.28 bits per heavy atom. The molecular formula is C14H21NO2S. The van der Waals surface area contributed by atoms with Crippen LogP contribution >= 0.6 is 0 Å². The van der Waals surface area contributed by atoms with Crippen molar-refractivity contribution in [1.82, 2.24) is 4.31 Å². The van der Waals surface area contributed by atoms with Gasteiger partial charge in [-0.25, -0.2) is 12.7 Å². The molecule has 0 bridgehead atoms. The summed E-state index contributed by atoms with van der Waals surface area (Å²) in [6, 6.07) is 9.56. The van der Waals surface area contributed by atoms with Gasteiger partial charge in [-0.1, -0.05) is 43.7 Å². The van der Waals surface area contributed by atoms with E-state index in [2.05, 4.69) is 0 Å². The Labute approximate surface area is 110 Å². The standard InChI is InChI=1S/C14H21NO2S/c1-2-14(13-9-5-3-6-10-13)18(16,17)15-11-7-4-8-12-15/h3,5-6,9-10,14H,2,4,7-8,11-12H2,1H3. The topological polar surface area (TPSA) is 37.4 Å². The third-order valence-electron chi connectivity index (χ3n) is 3.58. The summed E-state index contributed by atoms with van der Waals surface area (Å²) in [6.45, 7) is 3.32. The van der Waals surface area contributed by atoms with Gasteiger partial charge in [0, 0.05) is 13.1 Å². The zero-order valence-corrected chi connectivity index (χ0v) is 11.7. The van der Waals surface area contributed by atoms with E-state index in [1.807, 2.05) is 37.3 Å². The maximum Gasteiger partial charge on any atom is 0.221 e. The predicted molar refractivity (Wildman–Crippen MR) is 73.8 cm³/mol. The number of hydrogen-bond donors (Lipinski definition) is 0. The van der Waals surface area contributed by atoms with Gasteiger partial charge in [0.2, 0.25) is 10.0 Å². The molecule has 1 aromatic rings. The zero-order valence-electron chi connectivity index (χ0n) is 10.9. The van der Waals surface area contributed by atoms with Crippen molar-refractivity contribution in [1.29, 1.82) is 0 Å². The fourth-order valence-electron chi connectivity index (χ4n) is 2.59. The first-order chi connectivity index (χ1) is 8.66. The van der Waals surface area contributed by atoms with Crippen LogP contribution in [-0.2, 0) is 10.0 Å². The lowest BCUT2D eigenvalue weighted by Gasteiger charge is -2.30. The van der Waals surface area contributed by atoms with Crippen LogP contribution in [0.1, 0.15) is 43.4 Å². The van der Waals surface area contributed by atoms with Gasteiger partial charge in [-0.15, -0.1) is 0 Å². The van der Waals surface area contributed by atoms with Gasteiger partial charge in [0.05, 0.1) is 0 Å². The first-order valence-corrected chi connectivity index (χ1v) is 8.20. The maximum atomic E-state index is 12.6. The van der Waals surface area contributed by atoms with Crippen molar-refractivity contribution in [3.05, 3.63) is 35.9 Å². The van der Waals surface area contributed by atoms with Gasteiger partial charge in [-0.2, -0.15) is 0 Å². The SMILES string of the molecule is CCC(c1ccccc1)S(=O)(=O)N1CCCCC1. The first-order valence-electron chi connectivity index (χ1n) is 6.70. The maximum absolute atomic E-state index is 12.6. The molecule has 1 aliphatic rings.